The summed E-state index contributed by atoms with van der Waals surface area (Å²) in [4.78, 5) is 10.7. The Balaban J connectivity index is 1.94. The topological polar surface area (TPSA) is 98.5 Å². The van der Waals surface area contributed by atoms with Crippen LogP contribution in [0.1, 0.15) is 10.5 Å². The van der Waals surface area contributed by atoms with Gasteiger partial charge in [-0.3, -0.25) is 0 Å². The van der Waals surface area contributed by atoms with Gasteiger partial charge in [0.25, 0.3) is 0 Å². The molecule has 112 valence electrons. The first-order valence-electron chi connectivity index (χ1n) is 6.23. The van der Waals surface area contributed by atoms with E-state index in [9.17, 15) is 4.79 Å². The quantitative estimate of drug-likeness (QED) is 0.788. The van der Waals surface area contributed by atoms with Crippen LogP contribution in [0, 0.1) is 0 Å². The van der Waals surface area contributed by atoms with Crippen LogP contribution in [0.2, 0.25) is 0 Å². The first-order chi connectivity index (χ1) is 10.1. The van der Waals surface area contributed by atoms with E-state index in [2.05, 4.69) is 15.6 Å². The zero-order valence-electron chi connectivity index (χ0n) is 11.7. The van der Waals surface area contributed by atoms with Gasteiger partial charge in [-0.05, 0) is 12.1 Å². The van der Waals surface area contributed by atoms with Gasteiger partial charge < -0.3 is 19.9 Å². The van der Waals surface area contributed by atoms with E-state index in [1.54, 1.807) is 20.3 Å². The molecule has 2 N–H and O–H groups in total. The fourth-order valence-electron chi connectivity index (χ4n) is 1.76. The lowest BCUT2D eigenvalue weighted by molar-refractivity contribution is 0.0690. The molecule has 1 aromatic heterocycles. The number of benzene rings is 1. The van der Waals surface area contributed by atoms with E-state index in [0.717, 1.165) is 5.69 Å². The van der Waals surface area contributed by atoms with Crippen molar-refractivity contribution in [3.8, 4) is 11.5 Å². The van der Waals surface area contributed by atoms with Crippen molar-refractivity contribution < 1.29 is 19.4 Å². The Hall–Kier alpha value is -2.77. The number of aromatic nitrogens is 3. The van der Waals surface area contributed by atoms with Gasteiger partial charge in [0.05, 0.1) is 32.6 Å². The summed E-state index contributed by atoms with van der Waals surface area (Å²) in [5, 5.41) is 19.2. The number of hydrogen-bond acceptors (Lipinski definition) is 6. The minimum atomic E-state index is -1.09. The third kappa shape index (κ3) is 3.62. The Bertz CT molecular complexity index is 626. The molecule has 0 amide bonds. The number of ether oxygens (including phenoxy) is 2. The van der Waals surface area contributed by atoms with Crippen molar-refractivity contribution >= 4 is 11.7 Å². The number of carboxylic acids is 1. The maximum atomic E-state index is 10.7. The summed E-state index contributed by atoms with van der Waals surface area (Å²) in [6, 6.07) is 5.45. The van der Waals surface area contributed by atoms with Crippen LogP contribution in [0.15, 0.2) is 24.4 Å². The Morgan fingerprint density at radius 1 is 1.38 bits per heavy atom. The maximum absolute atomic E-state index is 10.7. The molecule has 0 aliphatic rings. The summed E-state index contributed by atoms with van der Waals surface area (Å²) < 4.78 is 11.9. The molecule has 0 spiro atoms. The van der Waals surface area contributed by atoms with E-state index in [1.807, 2.05) is 12.1 Å². The molecule has 0 aliphatic heterocycles. The van der Waals surface area contributed by atoms with Crippen LogP contribution >= 0.6 is 0 Å². The predicted octanol–water partition coefficient (Wildman–Crippen LogP) is 1.11. The molecule has 0 aliphatic carbocycles. The average molecular weight is 292 g/mol. The summed E-state index contributed by atoms with van der Waals surface area (Å²) in [5.74, 6) is 0.282. The van der Waals surface area contributed by atoms with Crippen LogP contribution in [-0.4, -0.2) is 46.8 Å². The highest BCUT2D eigenvalue weighted by molar-refractivity contribution is 5.84. The number of aromatic carboxylic acids is 1. The lowest BCUT2D eigenvalue weighted by Crippen LogP contribution is -2.11. The summed E-state index contributed by atoms with van der Waals surface area (Å²) in [6.45, 7) is 1.03. The highest BCUT2D eigenvalue weighted by atomic mass is 16.5. The number of rotatable bonds is 7. The first kappa shape index (κ1) is 14.6. The van der Waals surface area contributed by atoms with Crippen LogP contribution in [0.4, 0.5) is 5.69 Å². The summed E-state index contributed by atoms with van der Waals surface area (Å²) >= 11 is 0. The van der Waals surface area contributed by atoms with Crippen molar-refractivity contribution in [3.05, 3.63) is 30.1 Å². The molecule has 8 nitrogen and oxygen atoms in total. The van der Waals surface area contributed by atoms with Crippen molar-refractivity contribution in [2.45, 2.75) is 6.54 Å². The number of nitrogens with zero attached hydrogens (tertiary/aromatic N) is 3. The number of carboxylic acid groups (broad SMARTS) is 1. The number of anilines is 1. The molecule has 0 atom stereocenters. The summed E-state index contributed by atoms with van der Waals surface area (Å²) in [6.07, 6.45) is 1.38. The zero-order chi connectivity index (χ0) is 15.2. The molecule has 2 aromatic rings. The van der Waals surface area contributed by atoms with Gasteiger partial charge in [0.1, 0.15) is 11.5 Å². The van der Waals surface area contributed by atoms with Crippen molar-refractivity contribution in [1.82, 2.24) is 15.0 Å². The largest absolute Gasteiger partial charge is 0.497 e. The van der Waals surface area contributed by atoms with Crippen LogP contribution in [-0.2, 0) is 6.54 Å². The molecule has 0 saturated carbocycles. The summed E-state index contributed by atoms with van der Waals surface area (Å²) in [5.41, 5.74) is 0.744. The molecular weight excluding hydrogens is 276 g/mol. The first-order valence-corrected chi connectivity index (χ1v) is 6.23. The van der Waals surface area contributed by atoms with Gasteiger partial charge in [0, 0.05) is 12.6 Å². The highest BCUT2D eigenvalue weighted by Gasteiger charge is 2.08. The van der Waals surface area contributed by atoms with Gasteiger partial charge in [-0.15, -0.1) is 5.10 Å². The van der Waals surface area contributed by atoms with Crippen molar-refractivity contribution in [3.63, 3.8) is 0 Å². The molecule has 1 aromatic carbocycles. The predicted molar refractivity (Wildman–Crippen MR) is 75.0 cm³/mol. The van der Waals surface area contributed by atoms with E-state index in [1.165, 1.54) is 10.9 Å². The van der Waals surface area contributed by atoms with Gasteiger partial charge >= 0.3 is 5.97 Å². The van der Waals surface area contributed by atoms with E-state index in [4.69, 9.17) is 14.6 Å². The molecule has 21 heavy (non-hydrogen) atoms. The average Bonchev–Trinajstić information content (AvgIpc) is 2.96. The number of carbonyl (C=O) groups is 1. The van der Waals surface area contributed by atoms with E-state index >= 15 is 0 Å². The lowest BCUT2D eigenvalue weighted by Gasteiger charge is -2.12. The number of nitrogens with one attached hydrogen (secondary N) is 1. The fraction of sp³-hybridized carbons (Fsp3) is 0.308. The van der Waals surface area contributed by atoms with E-state index < -0.39 is 5.97 Å². The second-order valence-electron chi connectivity index (χ2n) is 4.16. The molecule has 0 bridgehead atoms. The molecule has 0 fully saturated rings. The van der Waals surface area contributed by atoms with E-state index in [0.29, 0.717) is 24.6 Å². The van der Waals surface area contributed by atoms with Gasteiger partial charge in [-0.25, -0.2) is 9.48 Å². The molecular formula is C13H16N4O4. The molecule has 8 heteroatoms. The normalized spacial score (nSPS) is 10.2. The molecule has 0 radical (unpaired) electrons. The molecule has 0 unspecified atom stereocenters. The molecule has 0 saturated heterocycles. The monoisotopic (exact) mass is 292 g/mol. The van der Waals surface area contributed by atoms with Crippen molar-refractivity contribution in [2.24, 2.45) is 0 Å². The van der Waals surface area contributed by atoms with Gasteiger partial charge in [0.15, 0.2) is 5.69 Å². The van der Waals surface area contributed by atoms with Crippen molar-refractivity contribution in [2.75, 3.05) is 26.1 Å². The van der Waals surface area contributed by atoms with Gasteiger partial charge in [0.2, 0.25) is 0 Å². The lowest BCUT2D eigenvalue weighted by atomic mass is 10.2. The van der Waals surface area contributed by atoms with Gasteiger partial charge in [-0.1, -0.05) is 5.21 Å². The minimum absolute atomic E-state index is 0.0722. The number of hydrogen-bond donors (Lipinski definition) is 2. The smallest absolute Gasteiger partial charge is 0.358 e. The Labute approximate surface area is 121 Å². The number of methoxy groups -OCH3 is 2. The highest BCUT2D eigenvalue weighted by Crippen LogP contribution is 2.28. The third-order valence-corrected chi connectivity index (χ3v) is 2.82. The zero-order valence-corrected chi connectivity index (χ0v) is 11.7. The van der Waals surface area contributed by atoms with Crippen LogP contribution in [0.25, 0.3) is 0 Å². The van der Waals surface area contributed by atoms with Gasteiger partial charge in [-0.2, -0.15) is 0 Å². The Kier molecular flexibility index (Phi) is 4.60. The Morgan fingerprint density at radius 2 is 2.19 bits per heavy atom. The minimum Gasteiger partial charge on any atom is -0.497 e. The summed E-state index contributed by atoms with van der Waals surface area (Å²) in [7, 11) is 3.17. The maximum Gasteiger partial charge on any atom is 0.358 e. The molecule has 1 heterocycles. The standard InChI is InChI=1S/C13H16N4O4/c1-20-9-3-4-10(12(7-9)21-2)14-5-6-17-8-11(13(18)19)15-16-17/h3-4,7-8,14H,5-6H2,1-2H3,(H,18,19). The Morgan fingerprint density at radius 3 is 2.81 bits per heavy atom. The second kappa shape index (κ2) is 6.60. The van der Waals surface area contributed by atoms with E-state index in [-0.39, 0.29) is 5.69 Å². The molecule has 2 rings (SSSR count). The second-order valence-corrected chi connectivity index (χ2v) is 4.16. The SMILES string of the molecule is COc1ccc(NCCn2cc(C(=O)O)nn2)c(OC)c1. The van der Waals surface area contributed by atoms with Crippen LogP contribution in [0.3, 0.4) is 0 Å². The third-order valence-electron chi connectivity index (χ3n) is 2.82. The van der Waals surface area contributed by atoms with Crippen LogP contribution < -0.4 is 14.8 Å². The van der Waals surface area contributed by atoms with Crippen molar-refractivity contribution in [1.29, 1.82) is 0 Å². The van der Waals surface area contributed by atoms with Crippen LogP contribution in [0.5, 0.6) is 11.5 Å². The fourth-order valence-corrected chi connectivity index (χ4v) is 1.76.